The topological polar surface area (TPSA) is 103 Å². The quantitative estimate of drug-likeness (QED) is 0.162. The van der Waals surface area contributed by atoms with E-state index in [1.54, 1.807) is 24.3 Å². The third-order valence-electron chi connectivity index (χ3n) is 7.79. The van der Waals surface area contributed by atoms with Crippen LogP contribution >= 0.6 is 0 Å². The highest BCUT2D eigenvalue weighted by molar-refractivity contribution is 5.94. The first-order valence-electron chi connectivity index (χ1n) is 15.3. The molecule has 0 saturated carbocycles. The van der Waals surface area contributed by atoms with Gasteiger partial charge in [-0.25, -0.2) is 19.2 Å². The SMILES string of the molecule is CN(Cc1ccc2ccc(OCc3ccc(C#N)cc3F)nc2c1)Cc1nc2ccc(C(=O)OC(C)(C)C)cc2n1C[C@@H]1CCO1. The zero-order valence-electron chi connectivity index (χ0n) is 26.4. The molecule has 236 valence electrons. The summed E-state index contributed by atoms with van der Waals surface area (Å²) in [5.41, 5.74) is 4.06. The number of halogens is 1. The van der Waals surface area contributed by atoms with Crippen LogP contribution in [0.25, 0.3) is 21.9 Å². The molecule has 2 aromatic heterocycles. The van der Waals surface area contributed by atoms with Gasteiger partial charge in [0.05, 0.1) is 52.9 Å². The largest absolute Gasteiger partial charge is 0.473 e. The summed E-state index contributed by atoms with van der Waals surface area (Å²) in [4.78, 5) is 24.6. The third-order valence-corrected chi connectivity index (χ3v) is 7.79. The molecule has 3 heterocycles. The molecule has 1 atom stereocenters. The Labute approximate surface area is 267 Å². The first-order valence-corrected chi connectivity index (χ1v) is 15.3. The predicted octanol–water partition coefficient (Wildman–Crippen LogP) is 6.55. The highest BCUT2D eigenvalue weighted by atomic mass is 19.1. The summed E-state index contributed by atoms with van der Waals surface area (Å²) in [5.74, 6) is 0.432. The van der Waals surface area contributed by atoms with E-state index in [9.17, 15) is 9.18 Å². The van der Waals surface area contributed by atoms with E-state index >= 15 is 0 Å². The Hall–Kier alpha value is -4.85. The van der Waals surface area contributed by atoms with Crippen molar-refractivity contribution in [2.75, 3.05) is 13.7 Å². The molecule has 0 bridgehead atoms. The van der Waals surface area contributed by atoms with Crippen LogP contribution in [0, 0.1) is 17.1 Å². The Kier molecular flexibility index (Phi) is 8.71. The number of hydrogen-bond acceptors (Lipinski definition) is 8. The van der Waals surface area contributed by atoms with E-state index in [0.29, 0.717) is 36.6 Å². The highest BCUT2D eigenvalue weighted by Gasteiger charge is 2.24. The van der Waals surface area contributed by atoms with Gasteiger partial charge in [0.25, 0.3) is 0 Å². The van der Waals surface area contributed by atoms with Crippen LogP contribution in [0.3, 0.4) is 0 Å². The fraction of sp³-hybridized carbons (Fsp3) is 0.333. The zero-order valence-corrected chi connectivity index (χ0v) is 26.4. The molecule has 1 saturated heterocycles. The van der Waals surface area contributed by atoms with Crippen molar-refractivity contribution in [3.63, 3.8) is 0 Å². The summed E-state index contributed by atoms with van der Waals surface area (Å²) < 4.78 is 33.6. The van der Waals surface area contributed by atoms with Crippen molar-refractivity contribution in [3.8, 4) is 11.9 Å². The fourth-order valence-electron chi connectivity index (χ4n) is 5.41. The lowest BCUT2D eigenvalue weighted by Gasteiger charge is -2.28. The molecule has 0 radical (unpaired) electrons. The third kappa shape index (κ3) is 7.17. The average Bonchev–Trinajstić information content (AvgIpc) is 3.32. The van der Waals surface area contributed by atoms with Crippen molar-refractivity contribution in [2.24, 2.45) is 0 Å². The van der Waals surface area contributed by atoms with Gasteiger partial charge in [0, 0.05) is 30.2 Å². The number of nitrogens with zero attached hydrogens (tertiary/aromatic N) is 5. The molecule has 1 aliphatic heterocycles. The Morgan fingerprint density at radius 1 is 1.07 bits per heavy atom. The van der Waals surface area contributed by atoms with Gasteiger partial charge in [-0.05, 0) is 82.3 Å². The lowest BCUT2D eigenvalue weighted by Crippen LogP contribution is -2.32. The van der Waals surface area contributed by atoms with Gasteiger partial charge in [-0.15, -0.1) is 0 Å². The number of nitriles is 1. The first kappa shape index (κ1) is 31.1. The van der Waals surface area contributed by atoms with Crippen LogP contribution < -0.4 is 4.74 Å². The molecule has 10 heteroatoms. The summed E-state index contributed by atoms with van der Waals surface area (Å²) in [6.45, 7) is 8.21. The number of fused-ring (bicyclic) bond motifs is 2. The van der Waals surface area contributed by atoms with E-state index in [0.717, 1.165) is 46.4 Å². The molecule has 0 unspecified atom stereocenters. The fourth-order valence-corrected chi connectivity index (χ4v) is 5.41. The van der Waals surface area contributed by atoms with E-state index in [4.69, 9.17) is 24.5 Å². The number of carbonyl (C=O) groups excluding carboxylic acids is 1. The minimum absolute atomic E-state index is 0.00461. The summed E-state index contributed by atoms with van der Waals surface area (Å²) in [5, 5.41) is 9.93. The van der Waals surface area contributed by atoms with E-state index in [2.05, 4.69) is 20.5 Å². The van der Waals surface area contributed by atoms with Crippen molar-refractivity contribution < 1.29 is 23.4 Å². The lowest BCUT2D eigenvalue weighted by atomic mass is 10.1. The molecule has 9 nitrogen and oxygen atoms in total. The maximum atomic E-state index is 14.3. The second-order valence-electron chi connectivity index (χ2n) is 12.7. The maximum absolute atomic E-state index is 14.3. The van der Waals surface area contributed by atoms with Gasteiger partial charge >= 0.3 is 5.97 Å². The smallest absolute Gasteiger partial charge is 0.338 e. The Balaban J connectivity index is 1.18. The predicted molar refractivity (Wildman–Crippen MR) is 172 cm³/mol. The Bertz CT molecular complexity index is 1950. The van der Waals surface area contributed by atoms with Crippen LogP contribution in [-0.2, 0) is 35.7 Å². The number of ether oxygens (including phenoxy) is 3. The maximum Gasteiger partial charge on any atom is 0.338 e. The molecule has 0 amide bonds. The minimum Gasteiger partial charge on any atom is -0.473 e. The molecule has 46 heavy (non-hydrogen) atoms. The highest BCUT2D eigenvalue weighted by Crippen LogP contribution is 2.25. The van der Waals surface area contributed by atoms with Crippen molar-refractivity contribution in [2.45, 2.75) is 65.1 Å². The normalized spacial score (nSPS) is 14.8. The molecule has 1 fully saturated rings. The molecule has 0 N–H and O–H groups in total. The van der Waals surface area contributed by atoms with Gasteiger partial charge in [-0.1, -0.05) is 18.2 Å². The first-order chi connectivity index (χ1) is 22.0. The molecule has 0 aliphatic carbocycles. The van der Waals surface area contributed by atoms with Crippen LogP contribution in [0.2, 0.25) is 0 Å². The molecule has 6 rings (SSSR count). The van der Waals surface area contributed by atoms with Crippen LogP contribution in [0.15, 0.2) is 66.7 Å². The zero-order chi connectivity index (χ0) is 32.4. The van der Waals surface area contributed by atoms with Gasteiger partial charge < -0.3 is 18.8 Å². The Morgan fingerprint density at radius 2 is 1.87 bits per heavy atom. The second-order valence-corrected chi connectivity index (χ2v) is 12.7. The van der Waals surface area contributed by atoms with Gasteiger partial charge in [0.2, 0.25) is 5.88 Å². The Morgan fingerprint density at radius 3 is 2.59 bits per heavy atom. The standard InChI is InChI=1S/C36H36FN5O4/c1-36(2,3)46-35(43)26-9-11-30-32(17-26)42(20-28-13-14-44-28)33(39-30)21-41(4)19-24-6-7-25-10-12-34(40-31(25)16-24)45-22-27-8-5-23(18-38)15-29(27)37/h5-12,15-17,28H,13-14,19-22H2,1-4H3/t28-/m0/s1. The average molecular weight is 622 g/mol. The van der Waals surface area contributed by atoms with Crippen LogP contribution in [0.4, 0.5) is 4.39 Å². The number of aromatic nitrogens is 3. The van der Waals surface area contributed by atoms with Crippen LogP contribution in [0.1, 0.15) is 60.1 Å². The van der Waals surface area contributed by atoms with Crippen LogP contribution in [0.5, 0.6) is 5.88 Å². The lowest BCUT2D eigenvalue weighted by molar-refractivity contribution is -0.0591. The number of hydrogen-bond donors (Lipinski definition) is 0. The summed E-state index contributed by atoms with van der Waals surface area (Å²) in [7, 11) is 2.04. The molecular weight excluding hydrogens is 585 g/mol. The number of benzene rings is 3. The molecule has 3 aromatic carbocycles. The molecular formula is C36H36FN5O4. The number of esters is 1. The second kappa shape index (κ2) is 12.9. The van der Waals surface area contributed by atoms with Crippen molar-refractivity contribution in [1.29, 1.82) is 5.26 Å². The number of imidazole rings is 1. The number of rotatable bonds is 10. The van der Waals surface area contributed by atoms with Crippen molar-refractivity contribution >= 4 is 27.9 Å². The minimum atomic E-state index is -0.585. The van der Waals surface area contributed by atoms with E-state index in [-0.39, 0.29) is 24.2 Å². The van der Waals surface area contributed by atoms with Gasteiger partial charge in [0.1, 0.15) is 23.8 Å². The van der Waals surface area contributed by atoms with E-state index in [1.165, 1.54) is 6.07 Å². The van der Waals surface area contributed by atoms with E-state index < -0.39 is 11.4 Å². The van der Waals surface area contributed by atoms with E-state index in [1.807, 2.05) is 64.2 Å². The number of pyridine rings is 1. The van der Waals surface area contributed by atoms with Crippen molar-refractivity contribution in [3.05, 3.63) is 101 Å². The van der Waals surface area contributed by atoms with Crippen LogP contribution in [-0.4, -0.2) is 50.8 Å². The van der Waals surface area contributed by atoms with Gasteiger partial charge in [-0.3, -0.25) is 4.90 Å². The molecule has 5 aromatic rings. The van der Waals surface area contributed by atoms with Crippen molar-refractivity contribution in [1.82, 2.24) is 19.4 Å². The summed E-state index contributed by atoms with van der Waals surface area (Å²) in [6.07, 6.45) is 1.10. The summed E-state index contributed by atoms with van der Waals surface area (Å²) >= 11 is 0. The monoisotopic (exact) mass is 621 g/mol. The number of carbonyl (C=O) groups is 1. The summed E-state index contributed by atoms with van der Waals surface area (Å²) in [6, 6.07) is 21.6. The van der Waals surface area contributed by atoms with Gasteiger partial charge in [0.15, 0.2) is 0 Å². The van der Waals surface area contributed by atoms with Gasteiger partial charge in [-0.2, -0.15) is 5.26 Å². The molecule has 0 spiro atoms. The molecule has 1 aliphatic rings.